The van der Waals surface area contributed by atoms with Gasteiger partial charge in [0.05, 0.1) is 13.7 Å². The molecular weight excluding hydrogens is 392 g/mol. The lowest BCUT2D eigenvalue weighted by atomic mass is 10.1. The normalized spacial score (nSPS) is 20.6. The zero-order valence-electron chi connectivity index (χ0n) is 16.4. The minimum Gasteiger partial charge on any atom is -0.497 e. The molecule has 0 N–H and O–H groups in total. The number of anilines is 1. The Kier molecular flexibility index (Phi) is 6.11. The van der Waals surface area contributed by atoms with Crippen molar-refractivity contribution in [2.24, 2.45) is 0 Å². The second-order valence-corrected chi connectivity index (χ2v) is 7.82. The summed E-state index contributed by atoms with van der Waals surface area (Å²) in [5, 5.41) is 0.710. The summed E-state index contributed by atoms with van der Waals surface area (Å²) >= 11 is 5.92. The van der Waals surface area contributed by atoms with Crippen LogP contribution in [0.4, 0.5) is 10.5 Å². The minimum absolute atomic E-state index is 0.127. The maximum Gasteiger partial charge on any atom is 0.414 e. The lowest BCUT2D eigenvalue weighted by Gasteiger charge is -2.33. The number of rotatable bonds is 6. The van der Waals surface area contributed by atoms with E-state index < -0.39 is 0 Å². The Morgan fingerprint density at radius 1 is 1.03 bits per heavy atom. The van der Waals surface area contributed by atoms with Gasteiger partial charge in [-0.3, -0.25) is 9.80 Å². The van der Waals surface area contributed by atoms with Gasteiger partial charge in [-0.2, -0.15) is 0 Å². The van der Waals surface area contributed by atoms with Crippen LogP contribution in [0.2, 0.25) is 5.02 Å². The highest BCUT2D eigenvalue weighted by Gasteiger charge is 2.34. The number of nitrogens with zero attached hydrogens (tertiary/aromatic N) is 2. The average molecular weight is 417 g/mol. The first-order valence-electron chi connectivity index (χ1n) is 9.87. The fourth-order valence-electron chi connectivity index (χ4n) is 3.79. The fourth-order valence-corrected chi connectivity index (χ4v) is 3.92. The van der Waals surface area contributed by atoms with Gasteiger partial charge in [-0.15, -0.1) is 0 Å². The molecule has 154 valence electrons. The van der Waals surface area contributed by atoms with Gasteiger partial charge < -0.3 is 14.2 Å². The third kappa shape index (κ3) is 4.95. The lowest BCUT2D eigenvalue weighted by Crippen LogP contribution is -2.42. The molecule has 0 aromatic heterocycles. The van der Waals surface area contributed by atoms with E-state index in [1.807, 2.05) is 48.5 Å². The first-order chi connectivity index (χ1) is 14.1. The summed E-state index contributed by atoms with van der Waals surface area (Å²) in [4.78, 5) is 16.3. The summed E-state index contributed by atoms with van der Waals surface area (Å²) in [6.07, 6.45) is 1.69. The molecule has 4 rings (SSSR count). The summed E-state index contributed by atoms with van der Waals surface area (Å²) in [6, 6.07) is 14.9. The highest BCUT2D eigenvalue weighted by molar-refractivity contribution is 6.30. The van der Waals surface area contributed by atoms with Crippen molar-refractivity contribution in [3.63, 3.8) is 0 Å². The number of halogens is 1. The van der Waals surface area contributed by atoms with Gasteiger partial charge in [0.25, 0.3) is 0 Å². The molecule has 0 saturated carbocycles. The van der Waals surface area contributed by atoms with E-state index in [-0.39, 0.29) is 18.3 Å². The second-order valence-electron chi connectivity index (χ2n) is 7.39. The van der Waals surface area contributed by atoms with Crippen molar-refractivity contribution in [1.29, 1.82) is 0 Å². The molecule has 2 heterocycles. The molecule has 2 aromatic rings. The third-order valence-electron chi connectivity index (χ3n) is 5.37. The number of likely N-dealkylation sites (tertiary alicyclic amines) is 1. The van der Waals surface area contributed by atoms with Crippen LogP contribution in [-0.2, 0) is 4.74 Å². The molecule has 0 aliphatic carbocycles. The Morgan fingerprint density at radius 2 is 1.69 bits per heavy atom. The van der Waals surface area contributed by atoms with E-state index in [9.17, 15) is 4.79 Å². The predicted octanol–water partition coefficient (Wildman–Crippen LogP) is 4.22. The number of cyclic esters (lactones) is 1. The van der Waals surface area contributed by atoms with Gasteiger partial charge in [0.15, 0.2) is 0 Å². The van der Waals surface area contributed by atoms with Gasteiger partial charge in [0.1, 0.15) is 23.7 Å². The predicted molar refractivity (Wildman–Crippen MR) is 112 cm³/mol. The van der Waals surface area contributed by atoms with Crippen LogP contribution in [0.15, 0.2) is 48.5 Å². The van der Waals surface area contributed by atoms with E-state index in [1.54, 1.807) is 12.0 Å². The van der Waals surface area contributed by atoms with E-state index in [0.29, 0.717) is 11.6 Å². The summed E-state index contributed by atoms with van der Waals surface area (Å²) in [7, 11) is 1.62. The molecule has 1 amide bonds. The molecule has 1 unspecified atom stereocenters. The molecule has 2 fully saturated rings. The highest BCUT2D eigenvalue weighted by atomic mass is 35.5. The quantitative estimate of drug-likeness (QED) is 0.705. The number of amides is 1. The Labute approximate surface area is 175 Å². The number of methoxy groups -OCH3 is 1. The molecule has 0 spiro atoms. The van der Waals surface area contributed by atoms with Crippen LogP contribution in [0, 0.1) is 0 Å². The molecular formula is C22H25ClN2O4. The van der Waals surface area contributed by atoms with Crippen LogP contribution in [0.5, 0.6) is 11.5 Å². The maximum atomic E-state index is 12.3. The monoisotopic (exact) mass is 416 g/mol. The van der Waals surface area contributed by atoms with Gasteiger partial charge in [-0.05, 0) is 61.4 Å². The molecule has 2 aliphatic rings. The summed E-state index contributed by atoms with van der Waals surface area (Å²) < 4.78 is 16.8. The summed E-state index contributed by atoms with van der Waals surface area (Å²) in [6.45, 7) is 3.15. The summed E-state index contributed by atoms with van der Waals surface area (Å²) in [5.74, 6) is 1.62. The molecule has 7 heteroatoms. The molecule has 0 bridgehead atoms. The van der Waals surface area contributed by atoms with E-state index in [2.05, 4.69) is 4.90 Å². The Hall–Kier alpha value is -2.44. The topological polar surface area (TPSA) is 51.2 Å². The van der Waals surface area contributed by atoms with Crippen LogP contribution in [0.3, 0.4) is 0 Å². The van der Waals surface area contributed by atoms with E-state index in [4.69, 9.17) is 25.8 Å². The number of carbonyl (C=O) groups is 1. The molecule has 1 atom stereocenters. The number of piperidine rings is 1. The number of carbonyl (C=O) groups excluding carboxylic acids is 1. The number of benzene rings is 2. The lowest BCUT2D eigenvalue weighted by molar-refractivity contribution is 0.0655. The van der Waals surface area contributed by atoms with Gasteiger partial charge in [0, 0.05) is 30.3 Å². The Morgan fingerprint density at radius 3 is 2.34 bits per heavy atom. The number of hydrogen-bond acceptors (Lipinski definition) is 5. The standard InChI is InChI=1S/C22H25ClN2O4/c1-27-18-8-4-17(5-9-18)25-15-21(29-22(25)26)14-24-12-10-20(11-13-24)28-19-6-2-16(23)3-7-19/h2-9,20-21H,10-15H2,1H3. The van der Waals surface area contributed by atoms with Crippen LogP contribution in [0.25, 0.3) is 0 Å². The van der Waals surface area contributed by atoms with Gasteiger partial charge in [0.2, 0.25) is 0 Å². The summed E-state index contributed by atoms with van der Waals surface area (Å²) in [5.41, 5.74) is 0.827. The fraction of sp³-hybridized carbons (Fsp3) is 0.409. The third-order valence-corrected chi connectivity index (χ3v) is 5.62. The first-order valence-corrected chi connectivity index (χ1v) is 10.3. The molecule has 0 radical (unpaired) electrons. The number of ether oxygens (including phenoxy) is 3. The SMILES string of the molecule is COc1ccc(N2CC(CN3CCC(Oc4ccc(Cl)cc4)CC3)OC2=O)cc1. The van der Waals surface area contributed by atoms with Crippen molar-refractivity contribution in [3.05, 3.63) is 53.6 Å². The van der Waals surface area contributed by atoms with E-state index >= 15 is 0 Å². The first kappa shape index (κ1) is 19.9. The van der Waals surface area contributed by atoms with Crippen molar-refractivity contribution < 1.29 is 19.0 Å². The Balaban J connectivity index is 1.25. The van der Waals surface area contributed by atoms with Crippen LogP contribution < -0.4 is 14.4 Å². The smallest absolute Gasteiger partial charge is 0.414 e. The number of hydrogen-bond donors (Lipinski definition) is 0. The van der Waals surface area contributed by atoms with Crippen LogP contribution in [0.1, 0.15) is 12.8 Å². The van der Waals surface area contributed by atoms with Gasteiger partial charge >= 0.3 is 6.09 Å². The zero-order chi connectivity index (χ0) is 20.2. The highest BCUT2D eigenvalue weighted by Crippen LogP contribution is 2.26. The van der Waals surface area contributed by atoms with Crippen LogP contribution >= 0.6 is 11.6 Å². The van der Waals surface area contributed by atoms with E-state index in [1.165, 1.54) is 0 Å². The van der Waals surface area contributed by atoms with Crippen molar-refractivity contribution in [2.75, 3.05) is 38.2 Å². The van der Waals surface area contributed by atoms with Crippen molar-refractivity contribution >= 4 is 23.4 Å². The molecule has 2 aromatic carbocycles. The Bertz CT molecular complexity index is 820. The zero-order valence-corrected chi connectivity index (χ0v) is 17.2. The van der Waals surface area contributed by atoms with Crippen molar-refractivity contribution in [3.8, 4) is 11.5 Å². The molecule has 6 nitrogen and oxygen atoms in total. The largest absolute Gasteiger partial charge is 0.497 e. The van der Waals surface area contributed by atoms with Crippen molar-refractivity contribution in [2.45, 2.75) is 25.0 Å². The minimum atomic E-state index is -0.291. The second kappa shape index (κ2) is 8.93. The molecule has 2 saturated heterocycles. The maximum absolute atomic E-state index is 12.3. The van der Waals surface area contributed by atoms with Crippen LogP contribution in [-0.4, -0.2) is 56.5 Å². The average Bonchev–Trinajstić information content (AvgIpc) is 3.11. The molecule has 29 heavy (non-hydrogen) atoms. The van der Waals surface area contributed by atoms with Crippen molar-refractivity contribution in [1.82, 2.24) is 4.90 Å². The molecule has 2 aliphatic heterocycles. The van der Waals surface area contributed by atoms with Gasteiger partial charge in [-0.1, -0.05) is 11.6 Å². The van der Waals surface area contributed by atoms with Gasteiger partial charge in [-0.25, -0.2) is 4.79 Å². The van der Waals surface area contributed by atoms with E-state index in [0.717, 1.165) is 49.7 Å².